The number of nitrogens with zero attached hydrogens (tertiary/aromatic N) is 1. The smallest absolute Gasteiger partial charge is 0.228 e. The second-order valence-corrected chi connectivity index (χ2v) is 10.5. The number of Topliss-reactive ketones (excluding diaryl/α,β-unsaturated/α-hetero) is 1. The number of fused-ring (bicyclic) bond motifs is 1. The van der Waals surface area contributed by atoms with Crippen molar-refractivity contribution in [2.24, 2.45) is 0 Å². The van der Waals surface area contributed by atoms with Gasteiger partial charge in [0, 0.05) is 11.1 Å². The number of ketones is 1. The van der Waals surface area contributed by atoms with Crippen molar-refractivity contribution < 1.29 is 27.1 Å². The number of hydrogen-bond acceptors (Lipinski definition) is 6. The van der Waals surface area contributed by atoms with Crippen molar-refractivity contribution in [3.8, 4) is 5.75 Å². The fourth-order valence-electron chi connectivity index (χ4n) is 3.51. The van der Waals surface area contributed by atoms with Crippen molar-refractivity contribution in [3.63, 3.8) is 0 Å². The first-order valence-electron chi connectivity index (χ1n) is 8.10. The normalized spacial score (nSPS) is 23.1. The Balaban J connectivity index is 1.81. The number of β-lactam (4-membered cyclic amide) rings is 1. The molecule has 2 aromatic rings. The molecule has 4 rings (SSSR count). The summed E-state index contributed by atoms with van der Waals surface area (Å²) in [6, 6.07) is 6.54. The van der Waals surface area contributed by atoms with E-state index in [1.165, 1.54) is 43.5 Å². The van der Waals surface area contributed by atoms with Gasteiger partial charge >= 0.3 is 0 Å². The van der Waals surface area contributed by atoms with E-state index in [9.17, 15) is 22.4 Å². The zero-order valence-corrected chi connectivity index (χ0v) is 16.8. The topological polar surface area (TPSA) is 80.8 Å². The molecule has 146 valence electrons. The molecular formula is C18H13ClFNO5S2. The fraction of sp³-hybridized carbons (Fsp3) is 0.222. The summed E-state index contributed by atoms with van der Waals surface area (Å²) in [6.07, 6.45) is 0.940. The molecule has 0 radical (unpaired) electrons. The van der Waals surface area contributed by atoms with Crippen LogP contribution in [0.1, 0.15) is 12.0 Å². The first-order valence-corrected chi connectivity index (χ1v) is 10.8. The van der Waals surface area contributed by atoms with Crippen LogP contribution in [0.2, 0.25) is 4.34 Å². The van der Waals surface area contributed by atoms with E-state index in [4.69, 9.17) is 16.3 Å². The maximum atomic E-state index is 13.6. The molecule has 28 heavy (non-hydrogen) atoms. The zero-order chi connectivity index (χ0) is 20.3. The summed E-state index contributed by atoms with van der Waals surface area (Å²) in [5, 5.41) is 0. The Bertz CT molecular complexity index is 1160. The van der Waals surface area contributed by atoms with Crippen molar-refractivity contribution in [3.05, 3.63) is 51.6 Å². The third-order valence-electron chi connectivity index (χ3n) is 4.88. The molecule has 2 aliphatic heterocycles. The first kappa shape index (κ1) is 19.1. The molecule has 10 heteroatoms. The molecule has 1 aromatic carbocycles. The van der Waals surface area contributed by atoms with Crippen LogP contribution in [0.25, 0.3) is 6.08 Å². The van der Waals surface area contributed by atoms with Gasteiger partial charge in [0.1, 0.15) is 15.8 Å². The van der Waals surface area contributed by atoms with Gasteiger partial charge in [-0.05, 0) is 36.4 Å². The molecule has 0 N–H and O–H groups in total. The van der Waals surface area contributed by atoms with Gasteiger partial charge in [0.05, 0.1) is 24.4 Å². The number of amides is 1. The molecule has 1 unspecified atom stereocenters. The quantitative estimate of drug-likeness (QED) is 0.538. The summed E-state index contributed by atoms with van der Waals surface area (Å²) in [5.74, 6) is -1.34. The predicted octanol–water partition coefficient (Wildman–Crippen LogP) is 2.92. The molecule has 0 aliphatic carbocycles. The van der Waals surface area contributed by atoms with E-state index >= 15 is 0 Å². The molecule has 3 heterocycles. The van der Waals surface area contributed by atoms with Gasteiger partial charge in [0.2, 0.25) is 26.4 Å². The number of carbonyl (C=O) groups excluding carboxylic acids is 2. The average Bonchev–Trinajstić information content (AvgIpc) is 3.17. The van der Waals surface area contributed by atoms with Crippen molar-refractivity contribution >= 4 is 50.5 Å². The van der Waals surface area contributed by atoms with Crippen LogP contribution < -0.4 is 4.74 Å². The minimum absolute atomic E-state index is 0.0760. The van der Waals surface area contributed by atoms with E-state index in [1.54, 1.807) is 0 Å². The van der Waals surface area contributed by atoms with E-state index in [0.717, 1.165) is 16.2 Å². The van der Waals surface area contributed by atoms with Gasteiger partial charge in [0.25, 0.3) is 0 Å². The van der Waals surface area contributed by atoms with E-state index in [2.05, 4.69) is 0 Å². The predicted molar refractivity (Wildman–Crippen MR) is 102 cm³/mol. The van der Waals surface area contributed by atoms with Gasteiger partial charge in [-0.15, -0.1) is 11.3 Å². The van der Waals surface area contributed by atoms with Crippen LogP contribution in [0.3, 0.4) is 0 Å². The number of methoxy groups -OCH3 is 1. The number of thiophene rings is 1. The lowest BCUT2D eigenvalue weighted by Crippen LogP contribution is -2.66. The van der Waals surface area contributed by atoms with Crippen LogP contribution in [-0.2, 0) is 19.4 Å². The highest BCUT2D eigenvalue weighted by atomic mass is 35.5. The van der Waals surface area contributed by atoms with Gasteiger partial charge in [-0.2, -0.15) is 0 Å². The van der Waals surface area contributed by atoms with Gasteiger partial charge in [-0.3, -0.25) is 9.59 Å². The minimum atomic E-state index is -4.17. The SMILES string of the molecule is COc1ccc(F)cc1C=C1CN2C(=O)CC2(S(=O)(=O)c2ccc(Cl)s2)C1=O. The Morgan fingerprint density at radius 2 is 2.04 bits per heavy atom. The highest BCUT2D eigenvalue weighted by molar-refractivity contribution is 7.95. The highest BCUT2D eigenvalue weighted by Gasteiger charge is 2.70. The molecule has 2 aliphatic rings. The average molecular weight is 442 g/mol. The summed E-state index contributed by atoms with van der Waals surface area (Å²) < 4.78 is 45.4. The Kier molecular flexibility index (Phi) is 4.36. The van der Waals surface area contributed by atoms with E-state index in [-0.39, 0.29) is 26.2 Å². The monoisotopic (exact) mass is 441 g/mol. The van der Waals surface area contributed by atoms with Crippen LogP contribution in [0.15, 0.2) is 40.1 Å². The minimum Gasteiger partial charge on any atom is -0.496 e. The summed E-state index contributed by atoms with van der Waals surface area (Å²) in [5.41, 5.74) is 0.383. The van der Waals surface area contributed by atoms with Gasteiger partial charge in [-0.1, -0.05) is 11.6 Å². The number of sulfone groups is 1. The van der Waals surface area contributed by atoms with E-state index in [0.29, 0.717) is 5.75 Å². The molecule has 0 saturated carbocycles. The standard InChI is InChI=1S/C18H13ClFNO5S2/c1-26-13-3-2-12(20)7-10(13)6-11-9-21-15(22)8-18(21,17(11)23)28(24,25)16-5-4-14(19)27-16/h2-7H,8-9H2,1H3. The third kappa shape index (κ3) is 2.53. The number of ether oxygens (including phenoxy) is 1. The number of carbonyl (C=O) groups is 2. The molecule has 0 bridgehead atoms. The summed E-state index contributed by atoms with van der Waals surface area (Å²) in [6.45, 7) is -0.171. The molecule has 1 aromatic heterocycles. The van der Waals surface area contributed by atoms with Crippen molar-refractivity contribution in [1.29, 1.82) is 0 Å². The van der Waals surface area contributed by atoms with Gasteiger partial charge < -0.3 is 9.64 Å². The summed E-state index contributed by atoms with van der Waals surface area (Å²) >= 11 is 6.68. The zero-order valence-electron chi connectivity index (χ0n) is 14.4. The summed E-state index contributed by atoms with van der Waals surface area (Å²) in [4.78, 5) is 24.3. The molecular weight excluding hydrogens is 429 g/mol. The van der Waals surface area contributed by atoms with Crippen LogP contribution in [0, 0.1) is 5.82 Å². The maximum Gasteiger partial charge on any atom is 0.228 e. The maximum absolute atomic E-state index is 13.6. The largest absolute Gasteiger partial charge is 0.496 e. The molecule has 2 saturated heterocycles. The van der Waals surface area contributed by atoms with Crippen LogP contribution >= 0.6 is 22.9 Å². The first-order chi connectivity index (χ1) is 13.2. The van der Waals surface area contributed by atoms with Gasteiger partial charge in [0.15, 0.2) is 0 Å². The number of rotatable bonds is 4. The molecule has 2 fully saturated rings. The lowest BCUT2D eigenvalue weighted by molar-refractivity contribution is -0.150. The van der Waals surface area contributed by atoms with Gasteiger partial charge in [-0.25, -0.2) is 12.8 Å². The van der Waals surface area contributed by atoms with Crippen molar-refractivity contribution in [2.75, 3.05) is 13.7 Å². The second kappa shape index (κ2) is 6.40. The molecule has 1 atom stereocenters. The molecule has 6 nitrogen and oxygen atoms in total. The number of halogens is 2. The lowest BCUT2D eigenvalue weighted by Gasteiger charge is -2.43. The molecule has 1 amide bonds. The fourth-order valence-corrected chi connectivity index (χ4v) is 7.27. The highest BCUT2D eigenvalue weighted by Crippen LogP contribution is 2.49. The number of hydrogen-bond donors (Lipinski definition) is 0. The summed E-state index contributed by atoms with van der Waals surface area (Å²) in [7, 11) is -2.77. The Hall–Kier alpha value is -2.23. The van der Waals surface area contributed by atoms with Crippen molar-refractivity contribution in [2.45, 2.75) is 15.5 Å². The lowest BCUT2D eigenvalue weighted by atomic mass is 9.99. The van der Waals surface area contributed by atoms with Crippen LogP contribution in [0.5, 0.6) is 5.75 Å². The Labute approximate surface area is 169 Å². The second-order valence-electron chi connectivity index (χ2n) is 6.39. The molecule has 0 spiro atoms. The van der Waals surface area contributed by atoms with Crippen LogP contribution in [-0.4, -0.2) is 43.5 Å². The Morgan fingerprint density at radius 3 is 2.64 bits per heavy atom. The van der Waals surface area contributed by atoms with E-state index < -0.39 is 38.6 Å². The third-order valence-corrected chi connectivity index (χ3v) is 8.92. The van der Waals surface area contributed by atoms with Crippen molar-refractivity contribution in [1.82, 2.24) is 4.90 Å². The number of benzene rings is 1. The Morgan fingerprint density at radius 1 is 1.29 bits per heavy atom. The van der Waals surface area contributed by atoms with E-state index in [1.807, 2.05) is 0 Å². The van der Waals surface area contributed by atoms with Crippen LogP contribution in [0.4, 0.5) is 4.39 Å².